The lowest BCUT2D eigenvalue weighted by Gasteiger charge is -2.16. The number of rotatable bonds is 6. The van der Waals surface area contributed by atoms with Crippen molar-refractivity contribution in [2.75, 3.05) is 13.6 Å². The van der Waals surface area contributed by atoms with Crippen molar-refractivity contribution < 1.29 is 0 Å². The summed E-state index contributed by atoms with van der Waals surface area (Å²) in [5.41, 5.74) is 3.02. The second-order valence-corrected chi connectivity index (χ2v) is 4.20. The minimum absolute atomic E-state index is 1.08. The molecule has 1 aromatic rings. The highest BCUT2D eigenvalue weighted by Gasteiger charge is 2.03. The third kappa shape index (κ3) is 4.05. The zero-order chi connectivity index (χ0) is 11.1. The maximum absolute atomic E-state index is 2.35. The summed E-state index contributed by atoms with van der Waals surface area (Å²) < 4.78 is 0. The smallest absolute Gasteiger partial charge is 0.0233 e. The predicted molar refractivity (Wildman–Crippen MR) is 67.1 cm³/mol. The van der Waals surface area contributed by atoms with Crippen LogP contribution < -0.4 is 0 Å². The molecule has 1 nitrogen and oxygen atoms in total. The van der Waals surface area contributed by atoms with Crippen molar-refractivity contribution in [2.24, 2.45) is 0 Å². The van der Waals surface area contributed by atoms with E-state index in [9.17, 15) is 0 Å². The summed E-state index contributed by atoms with van der Waals surface area (Å²) in [5.74, 6) is 0. The van der Waals surface area contributed by atoms with Gasteiger partial charge in [-0.15, -0.1) is 0 Å². The molecule has 1 aromatic carbocycles. The lowest BCUT2D eigenvalue weighted by Crippen LogP contribution is -2.17. The zero-order valence-electron chi connectivity index (χ0n) is 10.3. The molecular formula is C14H23N. The molecule has 1 heteroatoms. The Hall–Kier alpha value is -0.820. The van der Waals surface area contributed by atoms with E-state index in [-0.39, 0.29) is 0 Å². The largest absolute Gasteiger partial charge is 0.302 e. The summed E-state index contributed by atoms with van der Waals surface area (Å²) in [4.78, 5) is 2.35. The van der Waals surface area contributed by atoms with E-state index < -0.39 is 0 Å². The summed E-state index contributed by atoms with van der Waals surface area (Å²) in [6.07, 6.45) is 3.80. The molecule has 0 bridgehead atoms. The molecule has 0 aliphatic rings. The minimum Gasteiger partial charge on any atom is -0.302 e. The third-order valence-corrected chi connectivity index (χ3v) is 2.90. The Kier molecular flexibility index (Phi) is 5.41. The topological polar surface area (TPSA) is 3.24 Å². The number of hydrogen-bond donors (Lipinski definition) is 0. The first-order valence-corrected chi connectivity index (χ1v) is 6.03. The van der Waals surface area contributed by atoms with Gasteiger partial charge in [0.2, 0.25) is 0 Å². The monoisotopic (exact) mass is 205 g/mol. The normalized spacial score (nSPS) is 10.9. The van der Waals surface area contributed by atoms with E-state index in [1.54, 1.807) is 0 Å². The quantitative estimate of drug-likeness (QED) is 0.687. The maximum atomic E-state index is 2.35. The van der Waals surface area contributed by atoms with E-state index in [1.807, 2.05) is 0 Å². The molecule has 0 spiro atoms. The third-order valence-electron chi connectivity index (χ3n) is 2.90. The Morgan fingerprint density at radius 1 is 1.07 bits per heavy atom. The molecule has 15 heavy (non-hydrogen) atoms. The molecule has 0 N–H and O–H groups in total. The molecule has 0 heterocycles. The fraction of sp³-hybridized carbons (Fsp3) is 0.571. The highest BCUT2D eigenvalue weighted by molar-refractivity contribution is 5.27. The van der Waals surface area contributed by atoms with Crippen LogP contribution in [0, 0.1) is 0 Å². The average molecular weight is 205 g/mol. The fourth-order valence-corrected chi connectivity index (χ4v) is 1.73. The van der Waals surface area contributed by atoms with Gasteiger partial charge in [0.1, 0.15) is 0 Å². The van der Waals surface area contributed by atoms with E-state index in [4.69, 9.17) is 0 Å². The molecule has 0 saturated heterocycles. The van der Waals surface area contributed by atoms with Crippen LogP contribution in [0.5, 0.6) is 0 Å². The van der Waals surface area contributed by atoms with Gasteiger partial charge in [0.05, 0.1) is 0 Å². The average Bonchev–Trinajstić information content (AvgIpc) is 2.28. The predicted octanol–water partition coefficient (Wildman–Crippen LogP) is 3.48. The highest BCUT2D eigenvalue weighted by atomic mass is 15.1. The number of nitrogens with zero attached hydrogens (tertiary/aromatic N) is 1. The molecule has 0 amide bonds. The molecule has 0 aliphatic heterocycles. The van der Waals surface area contributed by atoms with E-state index in [1.165, 1.54) is 30.4 Å². The van der Waals surface area contributed by atoms with Gasteiger partial charge in [-0.25, -0.2) is 0 Å². The fourth-order valence-electron chi connectivity index (χ4n) is 1.73. The van der Waals surface area contributed by atoms with Crippen LogP contribution in [-0.4, -0.2) is 18.5 Å². The molecule has 0 saturated carbocycles. The van der Waals surface area contributed by atoms with Crippen LogP contribution in [0.3, 0.4) is 0 Å². The van der Waals surface area contributed by atoms with Crippen LogP contribution in [0.25, 0.3) is 0 Å². The van der Waals surface area contributed by atoms with E-state index >= 15 is 0 Å². The zero-order valence-corrected chi connectivity index (χ0v) is 10.3. The van der Waals surface area contributed by atoms with Gasteiger partial charge in [0, 0.05) is 6.54 Å². The molecule has 0 unspecified atom stereocenters. The summed E-state index contributed by atoms with van der Waals surface area (Å²) in [5, 5.41) is 0. The highest BCUT2D eigenvalue weighted by Crippen LogP contribution is 2.13. The van der Waals surface area contributed by atoms with E-state index in [0.717, 1.165) is 13.1 Å². The number of hydrogen-bond acceptors (Lipinski definition) is 1. The standard InChI is InChI=1S/C14H23N/c1-4-6-9-13-10-7-8-11-14(13)12-15(3)5-2/h7-8,10-11H,4-6,9,12H2,1-3H3. The molecule has 0 fully saturated rings. The lowest BCUT2D eigenvalue weighted by molar-refractivity contribution is 0.344. The second-order valence-electron chi connectivity index (χ2n) is 4.20. The summed E-state index contributed by atoms with van der Waals surface area (Å²) in [7, 11) is 2.18. The number of aryl methyl sites for hydroxylation is 1. The van der Waals surface area contributed by atoms with Crippen molar-refractivity contribution in [2.45, 2.75) is 39.7 Å². The molecule has 0 aliphatic carbocycles. The minimum atomic E-state index is 1.08. The first-order chi connectivity index (χ1) is 7.27. The first kappa shape index (κ1) is 12.3. The van der Waals surface area contributed by atoms with Crippen LogP contribution in [0.15, 0.2) is 24.3 Å². The van der Waals surface area contributed by atoms with Crippen LogP contribution in [0.1, 0.15) is 37.8 Å². The molecule has 84 valence electrons. The Balaban J connectivity index is 2.67. The van der Waals surface area contributed by atoms with Gasteiger partial charge in [-0.3, -0.25) is 0 Å². The van der Waals surface area contributed by atoms with Crippen molar-refractivity contribution in [3.8, 4) is 0 Å². The Bertz CT molecular complexity index is 280. The molecule has 0 atom stereocenters. The van der Waals surface area contributed by atoms with Crippen molar-refractivity contribution in [3.63, 3.8) is 0 Å². The first-order valence-electron chi connectivity index (χ1n) is 6.03. The summed E-state index contributed by atoms with van der Waals surface area (Å²) >= 11 is 0. The summed E-state index contributed by atoms with van der Waals surface area (Å²) in [6.45, 7) is 6.65. The van der Waals surface area contributed by atoms with Crippen molar-refractivity contribution in [1.29, 1.82) is 0 Å². The van der Waals surface area contributed by atoms with Crippen molar-refractivity contribution >= 4 is 0 Å². The van der Waals surface area contributed by atoms with Gasteiger partial charge in [0.15, 0.2) is 0 Å². The lowest BCUT2D eigenvalue weighted by atomic mass is 10.0. The molecule has 1 rings (SSSR count). The SMILES string of the molecule is CCCCc1ccccc1CN(C)CC. The van der Waals surface area contributed by atoms with Crippen LogP contribution >= 0.6 is 0 Å². The van der Waals surface area contributed by atoms with Gasteiger partial charge in [0.25, 0.3) is 0 Å². The van der Waals surface area contributed by atoms with Crippen LogP contribution in [0.4, 0.5) is 0 Å². The van der Waals surface area contributed by atoms with E-state index in [0.29, 0.717) is 0 Å². The molecule has 0 radical (unpaired) electrons. The van der Waals surface area contributed by atoms with Gasteiger partial charge in [-0.05, 0) is 37.6 Å². The van der Waals surface area contributed by atoms with Gasteiger partial charge < -0.3 is 4.90 Å². The Morgan fingerprint density at radius 2 is 1.73 bits per heavy atom. The van der Waals surface area contributed by atoms with Crippen molar-refractivity contribution in [3.05, 3.63) is 35.4 Å². The maximum Gasteiger partial charge on any atom is 0.0233 e. The van der Waals surface area contributed by atoms with Gasteiger partial charge in [-0.2, -0.15) is 0 Å². The Labute approximate surface area is 94.1 Å². The second kappa shape index (κ2) is 6.62. The van der Waals surface area contributed by atoms with Crippen LogP contribution in [-0.2, 0) is 13.0 Å². The number of unbranched alkanes of at least 4 members (excludes halogenated alkanes) is 1. The van der Waals surface area contributed by atoms with Crippen LogP contribution in [0.2, 0.25) is 0 Å². The van der Waals surface area contributed by atoms with E-state index in [2.05, 4.69) is 50.1 Å². The molecular weight excluding hydrogens is 182 g/mol. The number of benzene rings is 1. The van der Waals surface area contributed by atoms with Crippen molar-refractivity contribution in [1.82, 2.24) is 4.90 Å². The molecule has 0 aromatic heterocycles. The van der Waals surface area contributed by atoms with Gasteiger partial charge in [-0.1, -0.05) is 44.5 Å². The Morgan fingerprint density at radius 3 is 2.33 bits per heavy atom. The summed E-state index contributed by atoms with van der Waals surface area (Å²) in [6, 6.07) is 8.83. The van der Waals surface area contributed by atoms with Gasteiger partial charge >= 0.3 is 0 Å².